The summed E-state index contributed by atoms with van der Waals surface area (Å²) in [7, 11) is 0. The first-order chi connectivity index (χ1) is 11.6. The highest BCUT2D eigenvalue weighted by Crippen LogP contribution is 2.34. The van der Waals surface area contributed by atoms with Crippen molar-refractivity contribution in [1.29, 1.82) is 0 Å². The van der Waals surface area contributed by atoms with Gasteiger partial charge in [0.2, 0.25) is 0 Å². The Morgan fingerprint density at radius 3 is 2.58 bits per heavy atom. The van der Waals surface area contributed by atoms with Gasteiger partial charge in [-0.1, -0.05) is 35.9 Å². The van der Waals surface area contributed by atoms with Gasteiger partial charge in [-0.05, 0) is 50.5 Å². The lowest BCUT2D eigenvalue weighted by Crippen LogP contribution is -2.60. The van der Waals surface area contributed by atoms with Crippen molar-refractivity contribution >= 4 is 5.91 Å². The second-order valence-corrected chi connectivity index (χ2v) is 6.64. The molecule has 1 aliphatic heterocycles. The van der Waals surface area contributed by atoms with Gasteiger partial charge in [-0.3, -0.25) is 9.47 Å². The van der Waals surface area contributed by atoms with Crippen LogP contribution < -0.4 is 5.01 Å². The van der Waals surface area contributed by atoms with Crippen molar-refractivity contribution in [3.63, 3.8) is 0 Å². The van der Waals surface area contributed by atoms with Gasteiger partial charge in [-0.25, -0.2) is 5.01 Å². The zero-order valence-corrected chi connectivity index (χ0v) is 14.4. The summed E-state index contributed by atoms with van der Waals surface area (Å²) >= 11 is 0. The minimum atomic E-state index is -0.420. The van der Waals surface area contributed by atoms with Gasteiger partial charge in [0.25, 0.3) is 5.91 Å². The zero-order chi connectivity index (χ0) is 17.2. The summed E-state index contributed by atoms with van der Waals surface area (Å²) < 4.78 is 1.89. The Labute approximate surface area is 143 Å². The molecule has 1 atom stereocenters. The number of amides is 1. The normalized spacial score (nSPS) is 19.8. The number of nitrogens with zero attached hydrogens (tertiary/aromatic N) is 2. The second kappa shape index (κ2) is 6.52. The fourth-order valence-electron chi connectivity index (χ4n) is 3.46. The summed E-state index contributed by atoms with van der Waals surface area (Å²) in [6.07, 6.45) is 10.6. The third kappa shape index (κ3) is 2.82. The molecule has 0 N–H and O–H groups in total. The molecular formula is C21H24N2O. The Bertz CT molecular complexity index is 769. The molecule has 0 saturated heterocycles. The molecule has 0 radical (unpaired) electrons. The number of fused-ring (bicyclic) bond motifs is 1. The van der Waals surface area contributed by atoms with Gasteiger partial charge in [0.05, 0.1) is 5.54 Å². The minimum Gasteiger partial charge on any atom is -0.267 e. The van der Waals surface area contributed by atoms with E-state index in [0.717, 1.165) is 30.4 Å². The first-order valence-electron chi connectivity index (χ1n) is 8.40. The Balaban J connectivity index is 2.08. The number of rotatable bonds is 5. The van der Waals surface area contributed by atoms with Crippen molar-refractivity contribution in [2.75, 3.05) is 5.01 Å². The molecule has 3 nitrogen and oxygen atoms in total. The predicted molar refractivity (Wildman–Crippen MR) is 98.7 cm³/mol. The average molecular weight is 320 g/mol. The molecule has 2 aromatic rings. The Kier molecular flexibility index (Phi) is 4.43. The van der Waals surface area contributed by atoms with E-state index in [2.05, 4.69) is 32.6 Å². The van der Waals surface area contributed by atoms with E-state index in [4.69, 9.17) is 0 Å². The summed E-state index contributed by atoms with van der Waals surface area (Å²) in [4.78, 5) is 13.2. The topological polar surface area (TPSA) is 25.2 Å². The van der Waals surface area contributed by atoms with Gasteiger partial charge < -0.3 is 0 Å². The summed E-state index contributed by atoms with van der Waals surface area (Å²) in [6.45, 7) is 8.30. The number of carbonyl (C=O) groups excluding carboxylic acids is 1. The molecule has 3 rings (SSSR count). The van der Waals surface area contributed by atoms with Crippen LogP contribution in [0.3, 0.4) is 0 Å². The van der Waals surface area contributed by atoms with E-state index in [1.165, 1.54) is 5.57 Å². The van der Waals surface area contributed by atoms with Crippen LogP contribution in [0.1, 0.15) is 42.6 Å². The highest BCUT2D eigenvalue weighted by Gasteiger charge is 2.43. The molecule has 0 saturated carbocycles. The lowest BCUT2D eigenvalue weighted by atomic mass is 9.80. The molecule has 2 heterocycles. The largest absolute Gasteiger partial charge is 0.273 e. The van der Waals surface area contributed by atoms with Crippen LogP contribution in [0, 0.1) is 0 Å². The van der Waals surface area contributed by atoms with E-state index >= 15 is 0 Å². The summed E-state index contributed by atoms with van der Waals surface area (Å²) in [5, 5.41) is 1.86. The fourth-order valence-corrected chi connectivity index (χ4v) is 3.46. The molecule has 1 amide bonds. The van der Waals surface area contributed by atoms with Gasteiger partial charge in [0.15, 0.2) is 0 Å². The van der Waals surface area contributed by atoms with Gasteiger partial charge in [0.1, 0.15) is 0 Å². The van der Waals surface area contributed by atoms with Crippen molar-refractivity contribution in [2.45, 2.75) is 38.6 Å². The molecule has 0 aliphatic carbocycles. The van der Waals surface area contributed by atoms with Crippen LogP contribution in [0.4, 0.5) is 0 Å². The highest BCUT2D eigenvalue weighted by atomic mass is 16.2. The third-order valence-corrected chi connectivity index (χ3v) is 4.69. The predicted octanol–water partition coefficient (Wildman–Crippen LogP) is 4.49. The number of hydrogen-bond donors (Lipinski definition) is 0. The number of allylic oxidation sites excluding steroid dienone is 2. The van der Waals surface area contributed by atoms with Crippen molar-refractivity contribution in [2.24, 2.45) is 0 Å². The third-order valence-electron chi connectivity index (χ3n) is 4.69. The number of hydrogen-bond acceptors (Lipinski definition) is 1. The summed E-state index contributed by atoms with van der Waals surface area (Å²) in [5.41, 5.74) is 2.76. The highest BCUT2D eigenvalue weighted by molar-refractivity contribution is 6.05. The Morgan fingerprint density at radius 2 is 1.92 bits per heavy atom. The van der Waals surface area contributed by atoms with E-state index < -0.39 is 5.54 Å². The van der Waals surface area contributed by atoms with Crippen LogP contribution in [-0.4, -0.2) is 16.1 Å². The standard InChI is InChI=1S/C21H24N2O/c1-4-21(13-9-10-17(2)3)16-18-11-5-6-12-19(18)20(24)23(21)22-14-7-8-15-22/h4-8,10-12,14-15H,1,9,13,16H2,2-3H3/t21-/m0/s1. The molecule has 3 heteroatoms. The molecule has 1 aromatic carbocycles. The Hall–Kier alpha value is -2.55. The van der Waals surface area contributed by atoms with Crippen LogP contribution in [0.25, 0.3) is 0 Å². The van der Waals surface area contributed by atoms with Gasteiger partial charge in [-0.2, -0.15) is 0 Å². The van der Waals surface area contributed by atoms with Crippen molar-refractivity contribution < 1.29 is 4.79 Å². The van der Waals surface area contributed by atoms with Gasteiger partial charge in [0, 0.05) is 24.4 Å². The first-order valence-corrected chi connectivity index (χ1v) is 8.40. The van der Waals surface area contributed by atoms with E-state index in [1.807, 2.05) is 58.5 Å². The quantitative estimate of drug-likeness (QED) is 0.745. The average Bonchev–Trinajstić information content (AvgIpc) is 3.08. The molecule has 0 unspecified atom stereocenters. The molecule has 1 aliphatic rings. The van der Waals surface area contributed by atoms with Crippen molar-refractivity contribution in [3.05, 3.63) is 84.2 Å². The lowest BCUT2D eigenvalue weighted by molar-refractivity contribution is 0.0906. The van der Waals surface area contributed by atoms with Crippen LogP contribution in [-0.2, 0) is 6.42 Å². The van der Waals surface area contributed by atoms with Crippen molar-refractivity contribution in [3.8, 4) is 0 Å². The smallest absolute Gasteiger partial charge is 0.267 e. The number of benzene rings is 1. The maximum atomic E-state index is 13.2. The molecule has 1 aromatic heterocycles. The van der Waals surface area contributed by atoms with Gasteiger partial charge >= 0.3 is 0 Å². The van der Waals surface area contributed by atoms with Crippen LogP contribution in [0.5, 0.6) is 0 Å². The summed E-state index contributed by atoms with van der Waals surface area (Å²) in [5.74, 6) is 0.0325. The van der Waals surface area contributed by atoms with Crippen LogP contribution in [0.2, 0.25) is 0 Å². The molecular weight excluding hydrogens is 296 g/mol. The van der Waals surface area contributed by atoms with E-state index in [1.54, 1.807) is 0 Å². The SMILES string of the molecule is C=C[C@]1(CCC=C(C)C)Cc2ccccc2C(=O)N1n1cccc1. The van der Waals surface area contributed by atoms with Crippen LogP contribution >= 0.6 is 0 Å². The van der Waals surface area contributed by atoms with E-state index in [9.17, 15) is 4.79 Å². The maximum absolute atomic E-state index is 13.2. The fraction of sp³-hybridized carbons (Fsp3) is 0.286. The van der Waals surface area contributed by atoms with Gasteiger partial charge in [-0.15, -0.1) is 6.58 Å². The van der Waals surface area contributed by atoms with E-state index in [0.29, 0.717) is 0 Å². The molecule has 0 spiro atoms. The number of carbonyl (C=O) groups is 1. The minimum absolute atomic E-state index is 0.0325. The van der Waals surface area contributed by atoms with Crippen molar-refractivity contribution in [1.82, 2.24) is 4.68 Å². The monoisotopic (exact) mass is 320 g/mol. The van der Waals surface area contributed by atoms with Crippen LogP contribution in [0.15, 0.2) is 73.1 Å². The second-order valence-electron chi connectivity index (χ2n) is 6.64. The molecule has 0 fully saturated rings. The number of aromatic nitrogens is 1. The summed E-state index contributed by atoms with van der Waals surface area (Å²) in [6, 6.07) is 11.8. The molecule has 124 valence electrons. The zero-order valence-electron chi connectivity index (χ0n) is 14.4. The maximum Gasteiger partial charge on any atom is 0.273 e. The lowest BCUT2D eigenvalue weighted by Gasteiger charge is -2.46. The molecule has 24 heavy (non-hydrogen) atoms. The molecule has 0 bridgehead atoms. The van der Waals surface area contributed by atoms with E-state index in [-0.39, 0.29) is 5.91 Å². The first kappa shape index (κ1) is 16.3. The Morgan fingerprint density at radius 1 is 1.21 bits per heavy atom.